The summed E-state index contributed by atoms with van der Waals surface area (Å²) in [4.78, 5) is 42.6. The molecule has 9 heteroatoms. The Balaban J connectivity index is -0.000000515. The maximum Gasteiger partial charge on any atom is 0.305 e. The number of methoxy groups -OCH3 is 2. The summed E-state index contributed by atoms with van der Waals surface area (Å²) in [5, 5.41) is 16.6. The van der Waals surface area contributed by atoms with E-state index in [0.717, 1.165) is 70.6 Å². The molecule has 0 amide bonds. The molecule has 0 unspecified atom stereocenters. The highest BCUT2D eigenvalue weighted by Gasteiger charge is 2.03. The number of hydrogen-bond acceptors (Lipinski definition) is 8. The van der Waals surface area contributed by atoms with Crippen molar-refractivity contribution in [1.82, 2.24) is 0 Å². The molecule has 0 aliphatic carbocycles. The Hall–Kier alpha value is -2.16. The first-order chi connectivity index (χ1) is 17.8. The second kappa shape index (κ2) is 33.8. The molecule has 0 aromatic carbocycles. The average molecular weight is 535 g/mol. The van der Waals surface area contributed by atoms with Gasteiger partial charge in [0.1, 0.15) is 0 Å². The topological polar surface area (TPSA) is 136 Å². The highest BCUT2D eigenvalue weighted by atomic mass is 16.5. The molecule has 0 rings (SSSR count). The normalized spacial score (nSPS) is 9.76. The molecule has 0 atom stereocenters. The minimum Gasteiger partial charge on any atom is -0.481 e. The molecule has 0 bridgehead atoms. The number of ether oxygens (including phenoxy) is 3. The third-order valence-electron chi connectivity index (χ3n) is 5.26. The first-order valence-electron chi connectivity index (χ1n) is 13.9. The molecule has 9 nitrogen and oxygen atoms in total. The number of rotatable bonds is 21. The minimum absolute atomic E-state index is 0.0981. The zero-order valence-electron chi connectivity index (χ0n) is 23.9. The Kier molecular flexibility index (Phi) is 36.0. The van der Waals surface area contributed by atoms with E-state index in [1.807, 2.05) is 0 Å². The Bertz CT molecular complexity index is 536. The van der Waals surface area contributed by atoms with Crippen LogP contribution < -0.4 is 0 Å². The van der Waals surface area contributed by atoms with E-state index in [0.29, 0.717) is 32.3 Å². The van der Waals surface area contributed by atoms with Gasteiger partial charge in [0.05, 0.1) is 20.8 Å². The third-order valence-corrected chi connectivity index (χ3v) is 5.26. The van der Waals surface area contributed by atoms with Gasteiger partial charge in [-0.25, -0.2) is 0 Å². The summed E-state index contributed by atoms with van der Waals surface area (Å²) in [6, 6.07) is 0. The molecular weight excluding hydrogens is 480 g/mol. The Morgan fingerprint density at radius 2 is 0.946 bits per heavy atom. The number of unbranched alkanes of at least 4 members (excludes halogenated alkanes) is 10. The summed E-state index contributed by atoms with van der Waals surface area (Å²) in [5.74, 6) is -1.12. The van der Waals surface area contributed by atoms with Crippen LogP contribution >= 0.6 is 0 Å². The predicted octanol–water partition coefficient (Wildman–Crippen LogP) is 5.99. The zero-order valence-corrected chi connectivity index (χ0v) is 23.9. The average Bonchev–Trinajstić information content (AvgIpc) is 2.89. The molecule has 0 aromatic rings. The maximum absolute atomic E-state index is 11.3. The molecule has 0 aromatic heterocycles. The van der Waals surface area contributed by atoms with Crippen LogP contribution in [0.2, 0.25) is 0 Å². The fourth-order valence-corrected chi connectivity index (χ4v) is 2.97. The Labute approximate surface area is 224 Å². The summed E-state index contributed by atoms with van der Waals surface area (Å²) < 4.78 is 14.1. The SMILES string of the molecule is CCCCCCC(=O)O.CCCCCCC(=O)OCCCCCC(=O)OC.COC(=O)CCCCCO. The molecule has 0 saturated heterocycles. The van der Waals surface area contributed by atoms with Crippen molar-refractivity contribution >= 4 is 23.9 Å². The summed E-state index contributed by atoms with van der Waals surface area (Å²) >= 11 is 0. The number of aliphatic hydroxyl groups excluding tert-OH is 1. The van der Waals surface area contributed by atoms with Gasteiger partial charge in [0.15, 0.2) is 0 Å². The summed E-state index contributed by atoms with van der Waals surface area (Å²) in [6.45, 7) is 4.93. The van der Waals surface area contributed by atoms with Crippen molar-refractivity contribution in [3.63, 3.8) is 0 Å². The second-order valence-electron chi connectivity index (χ2n) is 8.73. The monoisotopic (exact) mass is 534 g/mol. The fourth-order valence-electron chi connectivity index (χ4n) is 2.97. The van der Waals surface area contributed by atoms with Crippen molar-refractivity contribution in [3.8, 4) is 0 Å². The van der Waals surface area contributed by atoms with E-state index in [-0.39, 0.29) is 24.5 Å². The molecule has 2 N–H and O–H groups in total. The van der Waals surface area contributed by atoms with Crippen LogP contribution in [0.1, 0.15) is 129 Å². The number of carbonyl (C=O) groups excluding carboxylic acids is 3. The smallest absolute Gasteiger partial charge is 0.305 e. The van der Waals surface area contributed by atoms with Gasteiger partial charge in [-0.3, -0.25) is 19.2 Å². The standard InChI is InChI=1S/C14H26O4.C7H14O3.C7H14O2/c1-3-4-5-7-11-14(16)18-12-9-6-8-10-13(15)17-2;1-10-7(9)5-3-2-4-6-8;1-2-3-4-5-6-7(8)9/h3-12H2,1-2H3;8H,2-6H2,1H3;2-6H2,1H3,(H,8,9). The molecule has 37 heavy (non-hydrogen) atoms. The van der Waals surface area contributed by atoms with Crippen LogP contribution in [-0.4, -0.2) is 61.5 Å². The Morgan fingerprint density at radius 1 is 0.541 bits per heavy atom. The Morgan fingerprint density at radius 3 is 1.35 bits per heavy atom. The van der Waals surface area contributed by atoms with Crippen molar-refractivity contribution in [1.29, 1.82) is 0 Å². The van der Waals surface area contributed by atoms with Gasteiger partial charge in [-0.05, 0) is 44.9 Å². The predicted molar refractivity (Wildman–Crippen MR) is 144 cm³/mol. The van der Waals surface area contributed by atoms with E-state index >= 15 is 0 Å². The molecule has 0 radical (unpaired) electrons. The van der Waals surface area contributed by atoms with E-state index in [4.69, 9.17) is 14.9 Å². The van der Waals surface area contributed by atoms with Crippen molar-refractivity contribution in [2.75, 3.05) is 27.4 Å². The van der Waals surface area contributed by atoms with Crippen molar-refractivity contribution in [3.05, 3.63) is 0 Å². The quantitative estimate of drug-likeness (QED) is 0.103. The lowest BCUT2D eigenvalue weighted by Crippen LogP contribution is -2.06. The van der Waals surface area contributed by atoms with Gasteiger partial charge in [-0.15, -0.1) is 0 Å². The zero-order chi connectivity index (χ0) is 28.6. The lowest BCUT2D eigenvalue weighted by Gasteiger charge is -2.04. The van der Waals surface area contributed by atoms with Gasteiger partial charge in [-0.1, -0.05) is 58.8 Å². The molecular formula is C28H54O9. The summed E-state index contributed by atoms with van der Waals surface area (Å²) in [6.07, 6.45) is 15.4. The van der Waals surface area contributed by atoms with Crippen molar-refractivity contribution < 1.29 is 43.6 Å². The third kappa shape index (κ3) is 41.2. The van der Waals surface area contributed by atoms with E-state index in [1.165, 1.54) is 33.5 Å². The van der Waals surface area contributed by atoms with Crippen LogP contribution in [0.25, 0.3) is 0 Å². The van der Waals surface area contributed by atoms with Gasteiger partial charge in [0, 0.05) is 32.3 Å². The molecule has 0 saturated carbocycles. The van der Waals surface area contributed by atoms with Gasteiger partial charge in [0.25, 0.3) is 0 Å². The number of carboxylic acid groups (broad SMARTS) is 1. The molecule has 0 aliphatic rings. The highest BCUT2D eigenvalue weighted by molar-refractivity contribution is 5.69. The van der Waals surface area contributed by atoms with E-state index in [2.05, 4.69) is 23.3 Å². The van der Waals surface area contributed by atoms with Crippen LogP contribution in [0.3, 0.4) is 0 Å². The van der Waals surface area contributed by atoms with Crippen LogP contribution in [0.5, 0.6) is 0 Å². The van der Waals surface area contributed by atoms with E-state index in [1.54, 1.807) is 0 Å². The first-order valence-corrected chi connectivity index (χ1v) is 13.9. The molecule has 0 aliphatic heterocycles. The minimum atomic E-state index is -0.675. The van der Waals surface area contributed by atoms with Gasteiger partial charge < -0.3 is 24.4 Å². The largest absolute Gasteiger partial charge is 0.481 e. The molecule has 0 fully saturated rings. The van der Waals surface area contributed by atoms with Crippen molar-refractivity contribution in [2.45, 2.75) is 129 Å². The number of aliphatic hydroxyl groups is 1. The molecule has 0 heterocycles. The summed E-state index contributed by atoms with van der Waals surface area (Å²) in [7, 11) is 2.77. The number of hydrogen-bond donors (Lipinski definition) is 2. The second-order valence-corrected chi connectivity index (χ2v) is 8.73. The van der Waals surface area contributed by atoms with Crippen LogP contribution in [0, 0.1) is 0 Å². The van der Waals surface area contributed by atoms with Crippen LogP contribution in [0.4, 0.5) is 0 Å². The molecule has 220 valence electrons. The highest BCUT2D eigenvalue weighted by Crippen LogP contribution is 2.05. The number of carbonyl (C=O) groups is 4. The van der Waals surface area contributed by atoms with E-state index < -0.39 is 5.97 Å². The van der Waals surface area contributed by atoms with Crippen molar-refractivity contribution in [2.24, 2.45) is 0 Å². The van der Waals surface area contributed by atoms with Gasteiger partial charge >= 0.3 is 23.9 Å². The lowest BCUT2D eigenvalue weighted by molar-refractivity contribution is -0.144. The fraction of sp³-hybridized carbons (Fsp3) is 0.857. The number of carboxylic acids is 1. The van der Waals surface area contributed by atoms with Crippen LogP contribution in [0.15, 0.2) is 0 Å². The molecule has 0 spiro atoms. The summed E-state index contributed by atoms with van der Waals surface area (Å²) in [5.41, 5.74) is 0. The maximum atomic E-state index is 11.3. The van der Waals surface area contributed by atoms with Crippen LogP contribution in [-0.2, 0) is 33.4 Å². The first kappa shape index (κ1) is 39.4. The van der Waals surface area contributed by atoms with E-state index in [9.17, 15) is 19.2 Å². The van der Waals surface area contributed by atoms with Gasteiger partial charge in [-0.2, -0.15) is 0 Å². The number of esters is 3. The lowest BCUT2D eigenvalue weighted by atomic mass is 10.1. The number of aliphatic carboxylic acids is 1. The van der Waals surface area contributed by atoms with Gasteiger partial charge in [0.2, 0.25) is 0 Å².